The van der Waals surface area contributed by atoms with E-state index >= 15 is 0 Å². The van der Waals surface area contributed by atoms with Crippen LogP contribution in [0.15, 0.2) is 42.7 Å². The number of anilines is 1. The Balaban J connectivity index is 2.52. The summed E-state index contributed by atoms with van der Waals surface area (Å²) in [5.41, 5.74) is 5.31. The molecule has 0 aliphatic rings. The van der Waals surface area contributed by atoms with Crippen LogP contribution in [0.1, 0.15) is 5.56 Å². The molecule has 0 radical (unpaired) electrons. The molecule has 19 heavy (non-hydrogen) atoms. The van der Waals surface area contributed by atoms with Crippen LogP contribution < -0.4 is 11.1 Å². The molecule has 3 nitrogen and oxygen atoms in total. The minimum absolute atomic E-state index is 0.0901. The number of aromatic nitrogens is 1. The summed E-state index contributed by atoms with van der Waals surface area (Å²) < 4.78 is 39.7. The first kappa shape index (κ1) is 13.4. The molecule has 2 aromatic rings. The van der Waals surface area contributed by atoms with Crippen LogP contribution in [0.4, 0.5) is 18.9 Å². The number of hydrogen-bond acceptors (Lipinski definition) is 1. The Morgan fingerprint density at radius 3 is 2.37 bits per heavy atom. The third-order valence-corrected chi connectivity index (χ3v) is 2.57. The number of thiocarbonyl (C=S) groups is 1. The summed E-state index contributed by atoms with van der Waals surface area (Å²) in [6.07, 6.45) is -0.984. The summed E-state index contributed by atoms with van der Waals surface area (Å²) in [5, 5.41) is 2.47. The van der Waals surface area contributed by atoms with E-state index in [4.69, 9.17) is 5.73 Å². The van der Waals surface area contributed by atoms with Gasteiger partial charge in [-0.3, -0.25) is 0 Å². The first-order valence-electron chi connectivity index (χ1n) is 5.29. The van der Waals surface area contributed by atoms with Crippen molar-refractivity contribution in [3.05, 3.63) is 48.3 Å². The van der Waals surface area contributed by atoms with Crippen molar-refractivity contribution < 1.29 is 13.2 Å². The molecule has 0 bridgehead atoms. The zero-order valence-electron chi connectivity index (χ0n) is 9.61. The van der Waals surface area contributed by atoms with Gasteiger partial charge < -0.3 is 15.6 Å². The van der Waals surface area contributed by atoms with Gasteiger partial charge in [0.2, 0.25) is 0 Å². The van der Waals surface area contributed by atoms with Crippen LogP contribution in [0.3, 0.4) is 0 Å². The Kier molecular flexibility index (Phi) is 3.48. The average Bonchev–Trinajstić information content (AvgIpc) is 2.80. The molecule has 0 aliphatic carbocycles. The average molecular weight is 285 g/mol. The lowest BCUT2D eigenvalue weighted by atomic mass is 10.1. The van der Waals surface area contributed by atoms with Gasteiger partial charge in [-0.1, -0.05) is 0 Å². The molecule has 7 heteroatoms. The molecule has 0 saturated heterocycles. The molecule has 1 heterocycles. The molecule has 0 fully saturated rings. The van der Waals surface area contributed by atoms with Crippen molar-refractivity contribution in [3.63, 3.8) is 0 Å². The lowest BCUT2D eigenvalue weighted by Gasteiger charge is -2.15. The maximum Gasteiger partial charge on any atom is 0.416 e. The van der Waals surface area contributed by atoms with Crippen LogP contribution in [-0.2, 0) is 6.18 Å². The molecule has 100 valence electrons. The molecule has 0 spiro atoms. The van der Waals surface area contributed by atoms with E-state index in [2.05, 4.69) is 17.5 Å². The van der Waals surface area contributed by atoms with E-state index in [9.17, 15) is 13.2 Å². The van der Waals surface area contributed by atoms with Crippen molar-refractivity contribution in [1.82, 2.24) is 4.57 Å². The highest BCUT2D eigenvalue weighted by molar-refractivity contribution is 7.80. The monoisotopic (exact) mass is 285 g/mol. The van der Waals surface area contributed by atoms with Gasteiger partial charge >= 0.3 is 6.18 Å². The van der Waals surface area contributed by atoms with Crippen LogP contribution in [0.25, 0.3) is 5.69 Å². The van der Waals surface area contributed by atoms with Gasteiger partial charge in [0.05, 0.1) is 16.9 Å². The Morgan fingerprint density at radius 2 is 1.84 bits per heavy atom. The smallest absolute Gasteiger partial charge is 0.376 e. The minimum atomic E-state index is -4.41. The van der Waals surface area contributed by atoms with Crippen molar-refractivity contribution in [3.8, 4) is 5.69 Å². The highest BCUT2D eigenvalue weighted by Crippen LogP contribution is 2.33. The summed E-state index contributed by atoms with van der Waals surface area (Å²) in [6, 6.07) is 6.89. The Hall–Kier alpha value is -2.02. The maximum absolute atomic E-state index is 12.7. The third kappa shape index (κ3) is 3.05. The number of nitrogens with zero attached hydrogens (tertiary/aromatic N) is 1. The van der Waals surface area contributed by atoms with Crippen LogP contribution in [0.2, 0.25) is 0 Å². The van der Waals surface area contributed by atoms with Crippen LogP contribution in [0.5, 0.6) is 0 Å². The Morgan fingerprint density at radius 1 is 1.21 bits per heavy atom. The van der Waals surface area contributed by atoms with E-state index in [1.807, 2.05) is 0 Å². The van der Waals surface area contributed by atoms with E-state index < -0.39 is 11.7 Å². The van der Waals surface area contributed by atoms with Gasteiger partial charge in [0.25, 0.3) is 0 Å². The zero-order chi connectivity index (χ0) is 14.0. The number of alkyl halides is 3. The second-order valence-electron chi connectivity index (χ2n) is 3.81. The predicted molar refractivity (Wildman–Crippen MR) is 71.2 cm³/mol. The molecule has 0 atom stereocenters. The molecule has 0 unspecified atom stereocenters. The highest BCUT2D eigenvalue weighted by atomic mass is 32.1. The van der Waals surface area contributed by atoms with Gasteiger partial charge in [-0.2, -0.15) is 13.2 Å². The van der Waals surface area contributed by atoms with Gasteiger partial charge in [0.15, 0.2) is 5.11 Å². The Bertz CT molecular complexity index is 591. The van der Waals surface area contributed by atoms with Gasteiger partial charge in [0.1, 0.15) is 0 Å². The van der Waals surface area contributed by atoms with Gasteiger partial charge in [-0.05, 0) is 42.5 Å². The number of nitrogens with two attached hydrogens (primary N) is 1. The molecule has 1 aromatic carbocycles. The van der Waals surface area contributed by atoms with Crippen molar-refractivity contribution in [1.29, 1.82) is 0 Å². The second kappa shape index (κ2) is 4.93. The summed E-state index contributed by atoms with van der Waals surface area (Å²) in [6.45, 7) is 0. The van der Waals surface area contributed by atoms with E-state index in [-0.39, 0.29) is 10.8 Å². The fourth-order valence-corrected chi connectivity index (χ4v) is 1.78. The molecule has 3 N–H and O–H groups in total. The quantitative estimate of drug-likeness (QED) is 0.833. The summed E-state index contributed by atoms with van der Waals surface area (Å²) in [7, 11) is 0. The molecule has 0 amide bonds. The fraction of sp³-hybridized carbons (Fsp3) is 0.0833. The van der Waals surface area contributed by atoms with Crippen molar-refractivity contribution in [2.75, 3.05) is 5.32 Å². The summed E-state index contributed by atoms with van der Waals surface area (Å²) in [4.78, 5) is 0. The van der Waals surface area contributed by atoms with Gasteiger partial charge in [-0.15, -0.1) is 0 Å². The fourth-order valence-electron chi connectivity index (χ4n) is 1.67. The second-order valence-corrected chi connectivity index (χ2v) is 4.25. The first-order chi connectivity index (χ1) is 8.88. The van der Waals surface area contributed by atoms with E-state index in [0.29, 0.717) is 5.69 Å². The number of hydrogen-bond donors (Lipinski definition) is 2. The normalized spacial score (nSPS) is 11.3. The van der Waals surface area contributed by atoms with Gasteiger partial charge in [-0.25, -0.2) is 0 Å². The van der Waals surface area contributed by atoms with E-state index in [1.165, 1.54) is 6.07 Å². The SMILES string of the molecule is NC(=S)Nc1cc(C(F)(F)F)ccc1-n1cccc1. The number of nitrogens with one attached hydrogen (secondary N) is 1. The Labute approximate surface area is 112 Å². The topological polar surface area (TPSA) is 43.0 Å². The van der Waals surface area contributed by atoms with Crippen molar-refractivity contribution in [2.24, 2.45) is 5.73 Å². The molecule has 0 aliphatic heterocycles. The van der Waals surface area contributed by atoms with Crippen molar-refractivity contribution in [2.45, 2.75) is 6.18 Å². The van der Waals surface area contributed by atoms with Crippen molar-refractivity contribution >= 4 is 23.0 Å². The predicted octanol–water partition coefficient (Wildman–Crippen LogP) is 3.15. The van der Waals surface area contributed by atoms with Gasteiger partial charge in [0, 0.05) is 12.4 Å². The third-order valence-electron chi connectivity index (χ3n) is 2.46. The highest BCUT2D eigenvalue weighted by Gasteiger charge is 2.31. The van der Waals surface area contributed by atoms with Crippen LogP contribution in [-0.4, -0.2) is 9.68 Å². The first-order valence-corrected chi connectivity index (χ1v) is 5.70. The van der Waals surface area contributed by atoms with E-state index in [0.717, 1.165) is 12.1 Å². The lowest BCUT2D eigenvalue weighted by molar-refractivity contribution is -0.137. The van der Waals surface area contributed by atoms with Crippen LogP contribution in [0, 0.1) is 0 Å². The summed E-state index contributed by atoms with van der Waals surface area (Å²) >= 11 is 4.68. The number of benzene rings is 1. The van der Waals surface area contributed by atoms with E-state index in [1.54, 1.807) is 29.1 Å². The lowest BCUT2D eigenvalue weighted by Crippen LogP contribution is -2.20. The minimum Gasteiger partial charge on any atom is -0.376 e. The number of halogens is 3. The molecule has 0 saturated carbocycles. The molecular formula is C12H10F3N3S. The molecule has 2 rings (SSSR count). The molecule has 1 aromatic heterocycles. The molecular weight excluding hydrogens is 275 g/mol. The summed E-state index contributed by atoms with van der Waals surface area (Å²) in [5.74, 6) is 0. The number of rotatable bonds is 2. The standard InChI is InChI=1S/C12H10F3N3S/c13-12(14,15)8-3-4-10(18-5-1-2-6-18)9(7-8)17-11(16)19/h1-7H,(H3,16,17,19). The largest absolute Gasteiger partial charge is 0.416 e. The maximum atomic E-state index is 12.7. The van der Waals surface area contributed by atoms with Crippen LogP contribution >= 0.6 is 12.2 Å². The zero-order valence-corrected chi connectivity index (χ0v) is 10.4.